The highest BCUT2D eigenvalue weighted by molar-refractivity contribution is 7.46. The Kier molecular flexibility index (Phi) is 15.9. The van der Waals surface area contributed by atoms with Gasteiger partial charge in [-0.15, -0.1) is 0 Å². The minimum atomic E-state index is -4.72. The number of ether oxygens (including phenoxy) is 1. The average molecular weight is 670 g/mol. The molecule has 2 aromatic carbocycles. The molecule has 1 atom stereocenters. The van der Waals surface area contributed by atoms with Crippen molar-refractivity contribution < 1.29 is 50.0 Å². The van der Waals surface area contributed by atoms with E-state index < -0.39 is 44.3 Å². The fraction of sp³-hybridized carbons (Fsp3) is 0.625. The first-order chi connectivity index (χ1) is 21.0. The third kappa shape index (κ3) is 16.9. The molecular weight excluding hydrogens is 623 g/mol. The molecular formula is C32H46F6NO5P. The molecule has 0 fully saturated rings. The van der Waals surface area contributed by atoms with E-state index in [0.29, 0.717) is 31.2 Å². The number of unbranched alkanes of at least 4 members (excludes halogenated alkanes) is 6. The van der Waals surface area contributed by atoms with Crippen LogP contribution in [0.25, 0.3) is 0 Å². The monoisotopic (exact) mass is 669 g/mol. The van der Waals surface area contributed by atoms with Gasteiger partial charge in [0.05, 0.1) is 18.8 Å². The fourth-order valence-corrected chi connectivity index (χ4v) is 5.33. The van der Waals surface area contributed by atoms with Crippen LogP contribution >= 0.6 is 7.82 Å². The van der Waals surface area contributed by atoms with Crippen molar-refractivity contribution in [1.82, 2.24) is 0 Å². The zero-order valence-corrected chi connectivity index (χ0v) is 26.7. The molecule has 0 aliphatic rings. The van der Waals surface area contributed by atoms with Gasteiger partial charge in [0.2, 0.25) is 0 Å². The van der Waals surface area contributed by atoms with Crippen molar-refractivity contribution in [3.05, 3.63) is 64.7 Å². The zero-order chi connectivity index (χ0) is 33.6. The van der Waals surface area contributed by atoms with E-state index in [1.807, 2.05) is 24.3 Å². The van der Waals surface area contributed by atoms with Crippen LogP contribution in [0.3, 0.4) is 0 Å². The van der Waals surface area contributed by atoms with Gasteiger partial charge in [-0.2, -0.15) is 26.3 Å². The van der Waals surface area contributed by atoms with Gasteiger partial charge >= 0.3 is 20.2 Å². The standard InChI is InChI=1S/C32H46F6NO5P/c1-2-30(39,24-44-45(40,41)42)21-19-27-17-18-29(28(23-27)32(36,37)38)43-22-10-12-26-15-13-25(14-16-26)11-8-6-4-3-5-7-9-20-31(33,34)35/h13-18,23H,2-12,19-22,24,39H2,1H3,(H2,40,41,42)/t30-/m0/s1. The predicted octanol–water partition coefficient (Wildman–Crippen LogP) is 9.09. The molecule has 0 spiro atoms. The van der Waals surface area contributed by atoms with Gasteiger partial charge in [-0.25, -0.2) is 4.57 Å². The first kappa shape index (κ1) is 39.1. The van der Waals surface area contributed by atoms with Crippen molar-refractivity contribution in [3.63, 3.8) is 0 Å². The number of halogens is 6. The van der Waals surface area contributed by atoms with E-state index in [0.717, 1.165) is 50.2 Å². The summed E-state index contributed by atoms with van der Waals surface area (Å²) in [4.78, 5) is 17.9. The third-order valence-corrected chi connectivity index (χ3v) is 8.27. The van der Waals surface area contributed by atoms with Gasteiger partial charge < -0.3 is 20.3 Å². The Morgan fingerprint density at radius 1 is 0.733 bits per heavy atom. The Morgan fingerprint density at radius 3 is 1.80 bits per heavy atom. The lowest BCUT2D eigenvalue weighted by atomic mass is 9.90. The highest BCUT2D eigenvalue weighted by atomic mass is 31.2. The number of rotatable bonds is 21. The van der Waals surface area contributed by atoms with Crippen LogP contribution in [0, 0.1) is 0 Å². The molecule has 0 amide bonds. The van der Waals surface area contributed by atoms with Gasteiger partial charge in [-0.3, -0.25) is 4.52 Å². The van der Waals surface area contributed by atoms with E-state index in [2.05, 4.69) is 4.52 Å². The van der Waals surface area contributed by atoms with Gasteiger partial charge in [-0.1, -0.05) is 69.4 Å². The van der Waals surface area contributed by atoms with Gasteiger partial charge in [0, 0.05) is 12.0 Å². The van der Waals surface area contributed by atoms with E-state index >= 15 is 0 Å². The molecule has 0 aromatic heterocycles. The van der Waals surface area contributed by atoms with Crippen molar-refractivity contribution in [2.45, 2.75) is 115 Å². The molecule has 256 valence electrons. The summed E-state index contributed by atoms with van der Waals surface area (Å²) < 4.78 is 99.0. The Bertz CT molecular complexity index is 1190. The van der Waals surface area contributed by atoms with Crippen LogP contribution < -0.4 is 10.5 Å². The predicted molar refractivity (Wildman–Crippen MR) is 162 cm³/mol. The van der Waals surface area contributed by atoms with Crippen molar-refractivity contribution in [3.8, 4) is 5.75 Å². The SMILES string of the molecule is CC[C@](N)(CCc1ccc(OCCCc2ccc(CCCCCCCCCC(F)(F)F)cc2)c(C(F)(F)F)c1)COP(=O)(O)O. The Balaban J connectivity index is 1.75. The maximum Gasteiger partial charge on any atom is 0.469 e. The highest BCUT2D eigenvalue weighted by Crippen LogP contribution is 2.39. The molecule has 45 heavy (non-hydrogen) atoms. The molecule has 4 N–H and O–H groups in total. The summed E-state index contributed by atoms with van der Waals surface area (Å²) in [5, 5.41) is 0. The largest absolute Gasteiger partial charge is 0.493 e. The van der Waals surface area contributed by atoms with E-state index in [4.69, 9.17) is 20.3 Å². The Morgan fingerprint density at radius 2 is 1.27 bits per heavy atom. The molecule has 0 aliphatic carbocycles. The van der Waals surface area contributed by atoms with E-state index in [1.165, 1.54) is 17.7 Å². The third-order valence-electron chi connectivity index (χ3n) is 7.80. The number of phosphoric acid groups is 1. The molecule has 0 unspecified atom stereocenters. The van der Waals surface area contributed by atoms with Crippen LogP contribution in [-0.4, -0.2) is 34.7 Å². The van der Waals surface area contributed by atoms with E-state index in [1.54, 1.807) is 6.92 Å². The average Bonchev–Trinajstić information content (AvgIpc) is 2.96. The van der Waals surface area contributed by atoms with Crippen LogP contribution in [0.4, 0.5) is 26.3 Å². The van der Waals surface area contributed by atoms with E-state index in [9.17, 15) is 30.9 Å². The number of alkyl halides is 6. The van der Waals surface area contributed by atoms with Gasteiger partial charge in [0.1, 0.15) is 5.75 Å². The molecule has 0 bridgehead atoms. The second-order valence-electron chi connectivity index (χ2n) is 11.7. The number of nitrogens with two attached hydrogens (primary N) is 1. The summed E-state index contributed by atoms with van der Waals surface area (Å²) in [6.45, 7) is 1.38. The van der Waals surface area contributed by atoms with E-state index in [-0.39, 0.29) is 31.6 Å². The number of phosphoric ester groups is 1. The zero-order valence-electron chi connectivity index (χ0n) is 25.8. The minimum absolute atomic E-state index is 0.0991. The maximum atomic E-state index is 13.8. The topological polar surface area (TPSA) is 102 Å². The summed E-state index contributed by atoms with van der Waals surface area (Å²) in [6.07, 6.45) is -1.07. The molecule has 0 saturated carbocycles. The van der Waals surface area contributed by atoms with Crippen molar-refractivity contribution in [1.29, 1.82) is 0 Å². The number of aryl methyl sites for hydroxylation is 3. The second-order valence-corrected chi connectivity index (χ2v) is 12.9. The van der Waals surface area contributed by atoms with Crippen molar-refractivity contribution >= 4 is 7.82 Å². The molecule has 0 radical (unpaired) electrons. The van der Waals surface area contributed by atoms with Crippen LogP contribution in [0.5, 0.6) is 5.75 Å². The lowest BCUT2D eigenvalue weighted by Crippen LogP contribution is -2.44. The summed E-state index contributed by atoms with van der Waals surface area (Å²) in [5.41, 5.74) is 6.77. The second kappa shape index (κ2) is 18.3. The first-order valence-corrected chi connectivity index (χ1v) is 17.0. The van der Waals surface area contributed by atoms with Crippen molar-refractivity contribution in [2.75, 3.05) is 13.2 Å². The van der Waals surface area contributed by atoms with Crippen molar-refractivity contribution in [2.24, 2.45) is 5.73 Å². The molecule has 2 rings (SSSR count). The maximum absolute atomic E-state index is 13.8. The summed E-state index contributed by atoms with van der Waals surface area (Å²) in [5.74, 6) is -0.262. The normalized spacial score (nSPS) is 14.0. The summed E-state index contributed by atoms with van der Waals surface area (Å²) in [7, 11) is -4.72. The lowest BCUT2D eigenvalue weighted by molar-refractivity contribution is -0.139. The number of benzene rings is 2. The summed E-state index contributed by atoms with van der Waals surface area (Å²) in [6, 6.07) is 11.9. The molecule has 6 nitrogen and oxygen atoms in total. The summed E-state index contributed by atoms with van der Waals surface area (Å²) >= 11 is 0. The Labute approximate surface area is 261 Å². The Hall–Kier alpha value is -2.11. The van der Waals surface area contributed by atoms with Crippen LogP contribution in [0.15, 0.2) is 42.5 Å². The minimum Gasteiger partial charge on any atom is -0.493 e. The first-order valence-electron chi connectivity index (χ1n) is 15.5. The smallest absolute Gasteiger partial charge is 0.469 e. The fourth-order valence-electron chi connectivity index (χ4n) is 4.91. The highest BCUT2D eigenvalue weighted by Gasteiger charge is 2.35. The number of hydrogen-bond donors (Lipinski definition) is 3. The van der Waals surface area contributed by atoms with Gasteiger partial charge in [-0.05, 0) is 80.2 Å². The molecule has 13 heteroatoms. The number of hydrogen-bond acceptors (Lipinski definition) is 4. The van der Waals surface area contributed by atoms with Gasteiger partial charge in [0.25, 0.3) is 0 Å². The molecule has 2 aromatic rings. The van der Waals surface area contributed by atoms with Crippen LogP contribution in [0.2, 0.25) is 0 Å². The molecule has 0 saturated heterocycles. The van der Waals surface area contributed by atoms with Gasteiger partial charge in [0.15, 0.2) is 0 Å². The van der Waals surface area contributed by atoms with Crippen LogP contribution in [-0.2, 0) is 34.5 Å². The molecule has 0 heterocycles. The quantitative estimate of drug-likeness (QED) is 0.0697. The molecule has 0 aliphatic heterocycles. The lowest BCUT2D eigenvalue weighted by Gasteiger charge is -2.28. The van der Waals surface area contributed by atoms with Crippen LogP contribution in [0.1, 0.15) is 99.8 Å².